The number of hydrogen-bond donors (Lipinski definition) is 2. The second kappa shape index (κ2) is 5.58. The quantitative estimate of drug-likeness (QED) is 0.887. The van der Waals surface area contributed by atoms with E-state index < -0.39 is 22.2 Å². The van der Waals surface area contributed by atoms with Crippen LogP contribution in [0.3, 0.4) is 0 Å². The third-order valence-corrected chi connectivity index (χ3v) is 5.55. The van der Waals surface area contributed by atoms with E-state index in [9.17, 15) is 9.00 Å². The van der Waals surface area contributed by atoms with Crippen molar-refractivity contribution >= 4 is 33.2 Å². The Labute approximate surface area is 118 Å². The summed E-state index contributed by atoms with van der Waals surface area (Å²) in [5, 5.41) is 15.0. The van der Waals surface area contributed by atoms with Crippen LogP contribution in [0.4, 0.5) is 5.13 Å². The Morgan fingerprint density at radius 2 is 2.16 bits per heavy atom. The molecule has 0 aliphatic carbocycles. The van der Waals surface area contributed by atoms with Gasteiger partial charge < -0.3 is 10.4 Å². The molecule has 2 N–H and O–H groups in total. The molecule has 0 atom stereocenters. The van der Waals surface area contributed by atoms with E-state index in [1.54, 1.807) is 19.2 Å². The molecule has 2 rings (SSSR count). The number of hydrogen-bond acceptors (Lipinski definition) is 5. The summed E-state index contributed by atoms with van der Waals surface area (Å²) < 4.78 is 11.3. The molecule has 1 fully saturated rings. The maximum Gasteiger partial charge on any atom is 0.315 e. The predicted octanol–water partition coefficient (Wildman–Crippen LogP) is 1.83. The molecule has 106 valence electrons. The lowest BCUT2D eigenvalue weighted by molar-refractivity contribution is -0.142. The summed E-state index contributed by atoms with van der Waals surface area (Å²) in [4.78, 5) is 15.5. The zero-order valence-corrected chi connectivity index (χ0v) is 12.6. The van der Waals surface area contributed by atoms with Crippen LogP contribution in [0.1, 0.15) is 32.4 Å². The molecule has 5 nitrogen and oxygen atoms in total. The number of carboxylic acid groups (broad SMARTS) is 1. The molecule has 1 aliphatic heterocycles. The largest absolute Gasteiger partial charge is 0.481 e. The van der Waals surface area contributed by atoms with Crippen LogP contribution < -0.4 is 5.32 Å². The molecule has 0 saturated carbocycles. The summed E-state index contributed by atoms with van der Waals surface area (Å²) in [6, 6.07) is 0.296. The van der Waals surface area contributed by atoms with E-state index in [-0.39, 0.29) is 0 Å². The second-order valence-electron chi connectivity index (χ2n) is 5.23. The molecule has 0 radical (unpaired) electrons. The molecule has 7 heteroatoms. The van der Waals surface area contributed by atoms with Crippen molar-refractivity contribution in [3.63, 3.8) is 0 Å². The fourth-order valence-corrected chi connectivity index (χ4v) is 4.10. The predicted molar refractivity (Wildman–Crippen MR) is 77.3 cm³/mol. The van der Waals surface area contributed by atoms with Gasteiger partial charge in [0.15, 0.2) is 5.13 Å². The third kappa shape index (κ3) is 3.33. The van der Waals surface area contributed by atoms with Gasteiger partial charge in [0.25, 0.3) is 0 Å². The Balaban J connectivity index is 2.02. The minimum atomic E-state index is -0.968. The summed E-state index contributed by atoms with van der Waals surface area (Å²) >= 11 is 1.43. The highest BCUT2D eigenvalue weighted by molar-refractivity contribution is 7.85. The zero-order chi connectivity index (χ0) is 14.0. The maximum atomic E-state index is 11.3. The number of carbonyl (C=O) groups is 1. The Morgan fingerprint density at radius 1 is 1.53 bits per heavy atom. The molecule has 0 spiro atoms. The van der Waals surface area contributed by atoms with E-state index in [1.165, 1.54) is 11.3 Å². The minimum Gasteiger partial charge on any atom is -0.481 e. The topological polar surface area (TPSA) is 79.3 Å². The first-order chi connectivity index (χ1) is 8.89. The lowest BCUT2D eigenvalue weighted by Gasteiger charge is -2.22. The van der Waals surface area contributed by atoms with E-state index in [2.05, 4.69) is 10.3 Å². The monoisotopic (exact) mass is 302 g/mol. The molecule has 1 saturated heterocycles. The van der Waals surface area contributed by atoms with Gasteiger partial charge in [-0.3, -0.25) is 9.00 Å². The van der Waals surface area contributed by atoms with Crippen molar-refractivity contribution in [1.82, 2.24) is 4.98 Å². The number of nitrogens with zero attached hydrogens (tertiary/aromatic N) is 1. The number of nitrogens with one attached hydrogen (secondary N) is 1. The number of anilines is 1. The molecule has 0 unspecified atom stereocenters. The van der Waals surface area contributed by atoms with Gasteiger partial charge in [-0.15, -0.1) is 11.3 Å². The minimum absolute atomic E-state index is 0.296. The first kappa shape index (κ1) is 14.5. The maximum absolute atomic E-state index is 11.3. The van der Waals surface area contributed by atoms with Gasteiger partial charge in [-0.2, -0.15) is 0 Å². The van der Waals surface area contributed by atoms with Crippen LogP contribution in [0.15, 0.2) is 5.38 Å². The average molecular weight is 302 g/mol. The standard InChI is InChI=1S/C12H18N2O3S2/c1-12(2,10(15)16)9-7-18-11(14-9)13-8-3-5-19(17)6-4-8/h7-8H,3-6H2,1-2H3,(H,13,14)(H,15,16). The first-order valence-electron chi connectivity index (χ1n) is 6.20. The SMILES string of the molecule is CC(C)(C(=O)O)c1csc(NC2CCS(=O)CC2)n1. The molecule has 0 bridgehead atoms. The lowest BCUT2D eigenvalue weighted by atomic mass is 9.90. The van der Waals surface area contributed by atoms with Crippen LogP contribution in [0.5, 0.6) is 0 Å². The second-order valence-corrected chi connectivity index (χ2v) is 7.79. The summed E-state index contributed by atoms with van der Waals surface area (Å²) in [5.41, 5.74) is -0.392. The number of carboxylic acids is 1. The molecule has 19 heavy (non-hydrogen) atoms. The molecule has 0 aromatic carbocycles. The molecule has 0 amide bonds. The van der Waals surface area contributed by atoms with E-state index in [0.29, 0.717) is 11.7 Å². The average Bonchev–Trinajstić information content (AvgIpc) is 2.81. The van der Waals surface area contributed by atoms with Gasteiger partial charge in [0.1, 0.15) is 5.41 Å². The highest BCUT2D eigenvalue weighted by atomic mass is 32.2. The Bertz CT molecular complexity index is 489. The van der Waals surface area contributed by atoms with Crippen LogP contribution in [-0.4, -0.2) is 37.8 Å². The van der Waals surface area contributed by atoms with Crippen molar-refractivity contribution < 1.29 is 14.1 Å². The highest BCUT2D eigenvalue weighted by Gasteiger charge is 2.32. The first-order valence-corrected chi connectivity index (χ1v) is 8.57. The highest BCUT2D eigenvalue weighted by Crippen LogP contribution is 2.28. The number of aliphatic carboxylic acids is 1. The van der Waals surface area contributed by atoms with Gasteiger partial charge >= 0.3 is 5.97 Å². The number of aromatic nitrogens is 1. The summed E-state index contributed by atoms with van der Waals surface area (Å²) in [6.07, 6.45) is 1.76. The Hall–Kier alpha value is -0.950. The van der Waals surface area contributed by atoms with E-state index in [0.717, 1.165) is 29.5 Å². The number of thiazole rings is 1. The van der Waals surface area contributed by atoms with Crippen molar-refractivity contribution in [1.29, 1.82) is 0 Å². The third-order valence-electron chi connectivity index (χ3n) is 3.39. The van der Waals surface area contributed by atoms with E-state index in [1.807, 2.05) is 0 Å². The summed E-state index contributed by atoms with van der Waals surface area (Å²) in [7, 11) is -0.669. The van der Waals surface area contributed by atoms with Gasteiger partial charge in [-0.25, -0.2) is 4.98 Å². The molecular weight excluding hydrogens is 284 g/mol. The van der Waals surface area contributed by atoms with Crippen molar-refractivity contribution in [2.45, 2.75) is 38.1 Å². The zero-order valence-electron chi connectivity index (χ0n) is 11.0. The Kier molecular flexibility index (Phi) is 4.25. The fraction of sp³-hybridized carbons (Fsp3) is 0.667. The molecule has 1 aromatic heterocycles. The lowest BCUT2D eigenvalue weighted by Crippen LogP contribution is -2.30. The van der Waals surface area contributed by atoms with Gasteiger partial charge in [0, 0.05) is 33.7 Å². The molecule has 2 heterocycles. The number of rotatable bonds is 4. The van der Waals surface area contributed by atoms with Gasteiger partial charge in [0.2, 0.25) is 0 Å². The smallest absolute Gasteiger partial charge is 0.315 e. The van der Waals surface area contributed by atoms with Crippen LogP contribution in [-0.2, 0) is 21.0 Å². The molecule has 1 aromatic rings. The van der Waals surface area contributed by atoms with Crippen molar-refractivity contribution in [3.05, 3.63) is 11.1 Å². The normalized spacial score (nSPS) is 24.1. The summed E-state index contributed by atoms with van der Waals surface area (Å²) in [6.45, 7) is 3.30. The van der Waals surface area contributed by atoms with Gasteiger partial charge in [-0.1, -0.05) is 0 Å². The van der Waals surface area contributed by atoms with Crippen molar-refractivity contribution in [2.75, 3.05) is 16.8 Å². The van der Waals surface area contributed by atoms with Crippen LogP contribution in [0.25, 0.3) is 0 Å². The van der Waals surface area contributed by atoms with Crippen molar-refractivity contribution in [2.24, 2.45) is 0 Å². The van der Waals surface area contributed by atoms with Crippen LogP contribution in [0, 0.1) is 0 Å². The molecular formula is C12H18N2O3S2. The van der Waals surface area contributed by atoms with Crippen LogP contribution >= 0.6 is 11.3 Å². The van der Waals surface area contributed by atoms with E-state index >= 15 is 0 Å². The van der Waals surface area contributed by atoms with E-state index in [4.69, 9.17) is 5.11 Å². The van der Waals surface area contributed by atoms with Crippen LogP contribution in [0.2, 0.25) is 0 Å². The molecule has 1 aliphatic rings. The van der Waals surface area contributed by atoms with Gasteiger partial charge in [0.05, 0.1) is 5.69 Å². The van der Waals surface area contributed by atoms with Gasteiger partial charge in [-0.05, 0) is 26.7 Å². The Morgan fingerprint density at radius 3 is 2.74 bits per heavy atom. The fourth-order valence-electron chi connectivity index (χ4n) is 1.85. The summed E-state index contributed by atoms with van der Waals surface area (Å²) in [5.74, 6) is 0.588. The van der Waals surface area contributed by atoms with Crippen molar-refractivity contribution in [3.8, 4) is 0 Å².